The number of benzene rings is 1. The molecule has 1 rings (SSSR count). The van der Waals surface area contributed by atoms with Gasteiger partial charge in [-0.25, -0.2) is 0 Å². The van der Waals surface area contributed by atoms with Crippen molar-refractivity contribution in [2.75, 3.05) is 25.6 Å². The molecular weight excluding hydrogens is 278 g/mol. The fourth-order valence-corrected chi connectivity index (χ4v) is 2.76. The second kappa shape index (κ2) is 7.32. The van der Waals surface area contributed by atoms with Gasteiger partial charge in [0.15, 0.2) is 8.32 Å². The molecule has 0 aliphatic carbocycles. The van der Waals surface area contributed by atoms with Gasteiger partial charge in [-0.05, 0) is 48.3 Å². The van der Waals surface area contributed by atoms with Crippen LogP contribution in [0.3, 0.4) is 0 Å². The first-order chi connectivity index (χ1) is 9.65. The normalized spacial score (nSPS) is 13.9. The first-order valence-electron chi connectivity index (χ1n) is 7.67. The Balaban J connectivity index is 2.38. The van der Waals surface area contributed by atoms with Gasteiger partial charge in [-0.3, -0.25) is 0 Å². The van der Waals surface area contributed by atoms with Gasteiger partial charge < -0.3 is 14.5 Å². The monoisotopic (exact) mass is 309 g/mol. The number of ether oxygens (including phenoxy) is 1. The minimum Gasteiger partial charge on any atom is -0.497 e. The SMILES string of the molecule is COc1ccc(NCC(C)CO[Si](C)(C)C(C)(C)C)cc1. The predicted molar refractivity (Wildman–Crippen MR) is 93.8 cm³/mol. The molecule has 0 fully saturated rings. The second-order valence-corrected chi connectivity index (χ2v) is 12.1. The molecule has 0 amide bonds. The topological polar surface area (TPSA) is 30.5 Å². The minimum atomic E-state index is -1.63. The molecule has 0 aliphatic heterocycles. The maximum absolute atomic E-state index is 6.26. The van der Waals surface area contributed by atoms with E-state index in [1.165, 1.54) is 0 Å². The van der Waals surface area contributed by atoms with E-state index in [4.69, 9.17) is 9.16 Å². The lowest BCUT2D eigenvalue weighted by molar-refractivity contribution is 0.243. The molecular formula is C17H31NO2Si. The molecule has 0 spiro atoms. The molecule has 1 aromatic rings. The van der Waals surface area contributed by atoms with Crippen molar-refractivity contribution in [1.29, 1.82) is 0 Å². The Bertz CT molecular complexity index is 423. The van der Waals surface area contributed by atoms with E-state index in [2.05, 4.69) is 46.1 Å². The van der Waals surface area contributed by atoms with Crippen molar-refractivity contribution in [3.63, 3.8) is 0 Å². The molecule has 0 aliphatic rings. The van der Waals surface area contributed by atoms with E-state index in [1.54, 1.807) is 7.11 Å². The smallest absolute Gasteiger partial charge is 0.191 e. The summed E-state index contributed by atoms with van der Waals surface area (Å²) in [5.74, 6) is 1.37. The quantitative estimate of drug-likeness (QED) is 0.736. The maximum atomic E-state index is 6.26. The third-order valence-electron chi connectivity index (χ3n) is 4.28. The van der Waals surface area contributed by atoms with E-state index in [0.29, 0.717) is 5.92 Å². The predicted octanol–water partition coefficient (Wildman–Crippen LogP) is 4.77. The summed E-state index contributed by atoms with van der Waals surface area (Å²) in [6.07, 6.45) is 0. The molecule has 1 aromatic carbocycles. The lowest BCUT2D eigenvalue weighted by atomic mass is 10.2. The standard InChI is InChI=1S/C17H31NO2Si/c1-14(13-20-21(6,7)17(2,3)4)12-18-15-8-10-16(19-5)11-9-15/h8-11,14,18H,12-13H2,1-7H3. The third-order valence-corrected chi connectivity index (χ3v) is 8.78. The molecule has 0 bridgehead atoms. The molecule has 0 aromatic heterocycles. The second-order valence-electron chi connectivity index (χ2n) is 7.29. The molecule has 0 saturated carbocycles. The summed E-state index contributed by atoms with van der Waals surface area (Å²) >= 11 is 0. The van der Waals surface area contributed by atoms with E-state index < -0.39 is 8.32 Å². The highest BCUT2D eigenvalue weighted by Crippen LogP contribution is 2.36. The van der Waals surface area contributed by atoms with E-state index in [-0.39, 0.29) is 5.04 Å². The van der Waals surface area contributed by atoms with Crippen molar-refractivity contribution in [2.24, 2.45) is 5.92 Å². The van der Waals surface area contributed by atoms with Gasteiger partial charge in [0.25, 0.3) is 0 Å². The van der Waals surface area contributed by atoms with Gasteiger partial charge in [0.1, 0.15) is 5.75 Å². The molecule has 21 heavy (non-hydrogen) atoms. The molecule has 0 heterocycles. The van der Waals surface area contributed by atoms with Crippen LogP contribution in [0.2, 0.25) is 18.1 Å². The first-order valence-corrected chi connectivity index (χ1v) is 10.6. The summed E-state index contributed by atoms with van der Waals surface area (Å²) in [7, 11) is 0.0506. The average molecular weight is 310 g/mol. The largest absolute Gasteiger partial charge is 0.497 e. The van der Waals surface area contributed by atoms with Crippen LogP contribution in [-0.2, 0) is 4.43 Å². The Hall–Kier alpha value is -1.00. The number of anilines is 1. The van der Waals surface area contributed by atoms with Crippen LogP contribution in [0.25, 0.3) is 0 Å². The van der Waals surface area contributed by atoms with E-state index in [1.807, 2.05) is 24.3 Å². The molecule has 0 saturated heterocycles. The Morgan fingerprint density at radius 2 is 1.71 bits per heavy atom. The molecule has 0 radical (unpaired) electrons. The molecule has 1 unspecified atom stereocenters. The van der Waals surface area contributed by atoms with Crippen LogP contribution < -0.4 is 10.1 Å². The minimum absolute atomic E-state index is 0.274. The Morgan fingerprint density at radius 1 is 1.14 bits per heavy atom. The van der Waals surface area contributed by atoms with Crippen molar-refractivity contribution in [3.05, 3.63) is 24.3 Å². The number of nitrogens with one attached hydrogen (secondary N) is 1. The summed E-state index contributed by atoms with van der Waals surface area (Å²) in [5.41, 5.74) is 1.12. The lowest BCUT2D eigenvalue weighted by Crippen LogP contribution is -2.42. The molecule has 1 N–H and O–H groups in total. The average Bonchev–Trinajstić information content (AvgIpc) is 2.42. The van der Waals surface area contributed by atoms with E-state index >= 15 is 0 Å². The van der Waals surface area contributed by atoms with Gasteiger partial charge >= 0.3 is 0 Å². The summed E-state index contributed by atoms with van der Waals surface area (Å²) in [6, 6.07) is 8.03. The highest BCUT2D eigenvalue weighted by Gasteiger charge is 2.37. The summed E-state index contributed by atoms with van der Waals surface area (Å²) in [4.78, 5) is 0. The zero-order valence-electron chi connectivity index (χ0n) is 14.6. The van der Waals surface area contributed by atoms with Crippen LogP contribution in [0.1, 0.15) is 27.7 Å². The third kappa shape index (κ3) is 5.71. The van der Waals surface area contributed by atoms with Crippen LogP contribution in [0.15, 0.2) is 24.3 Å². The highest BCUT2D eigenvalue weighted by atomic mass is 28.4. The van der Waals surface area contributed by atoms with Crippen LogP contribution in [0.4, 0.5) is 5.69 Å². The Labute approximate surface area is 131 Å². The summed E-state index contributed by atoms with van der Waals surface area (Å²) < 4.78 is 11.4. The lowest BCUT2D eigenvalue weighted by Gasteiger charge is -2.37. The fourth-order valence-electron chi connectivity index (χ4n) is 1.63. The zero-order chi connectivity index (χ0) is 16.1. The number of methoxy groups -OCH3 is 1. The molecule has 120 valence electrons. The van der Waals surface area contributed by atoms with Crippen LogP contribution >= 0.6 is 0 Å². The molecule has 1 atom stereocenters. The summed E-state index contributed by atoms with van der Waals surface area (Å²) in [5, 5.41) is 3.72. The van der Waals surface area contributed by atoms with Crippen LogP contribution in [0, 0.1) is 5.92 Å². The Kier molecular flexibility index (Phi) is 6.29. The number of hydrogen-bond donors (Lipinski definition) is 1. The van der Waals surface area contributed by atoms with Gasteiger partial charge in [-0.1, -0.05) is 27.7 Å². The maximum Gasteiger partial charge on any atom is 0.191 e. The van der Waals surface area contributed by atoms with Gasteiger partial charge in [0.2, 0.25) is 0 Å². The van der Waals surface area contributed by atoms with Crippen molar-refractivity contribution < 1.29 is 9.16 Å². The molecule has 4 heteroatoms. The fraction of sp³-hybridized carbons (Fsp3) is 0.647. The van der Waals surface area contributed by atoms with E-state index in [9.17, 15) is 0 Å². The highest BCUT2D eigenvalue weighted by molar-refractivity contribution is 6.74. The van der Waals surface area contributed by atoms with Crippen molar-refractivity contribution in [1.82, 2.24) is 0 Å². The molecule has 3 nitrogen and oxygen atoms in total. The first kappa shape index (κ1) is 18.0. The van der Waals surface area contributed by atoms with Crippen LogP contribution in [0.5, 0.6) is 5.75 Å². The number of hydrogen-bond acceptors (Lipinski definition) is 3. The van der Waals surface area contributed by atoms with Gasteiger partial charge in [0.05, 0.1) is 7.11 Å². The summed E-state index contributed by atoms with van der Waals surface area (Å²) in [6.45, 7) is 15.4. The zero-order valence-corrected chi connectivity index (χ0v) is 15.6. The van der Waals surface area contributed by atoms with Gasteiger partial charge in [-0.2, -0.15) is 0 Å². The van der Waals surface area contributed by atoms with Crippen molar-refractivity contribution >= 4 is 14.0 Å². The van der Waals surface area contributed by atoms with Crippen molar-refractivity contribution in [3.8, 4) is 5.75 Å². The number of rotatable bonds is 7. The van der Waals surface area contributed by atoms with Gasteiger partial charge in [0, 0.05) is 18.8 Å². The van der Waals surface area contributed by atoms with Gasteiger partial charge in [-0.15, -0.1) is 0 Å². The van der Waals surface area contributed by atoms with E-state index in [0.717, 1.165) is 24.6 Å². The van der Waals surface area contributed by atoms with Crippen LogP contribution in [-0.4, -0.2) is 28.6 Å². The van der Waals surface area contributed by atoms with Crippen molar-refractivity contribution in [2.45, 2.75) is 45.8 Å². The Morgan fingerprint density at radius 3 is 2.19 bits per heavy atom.